The van der Waals surface area contributed by atoms with Crippen molar-refractivity contribution in [3.63, 3.8) is 0 Å². The van der Waals surface area contributed by atoms with Crippen molar-refractivity contribution in [2.24, 2.45) is 0 Å². The molecule has 1 amide bonds. The van der Waals surface area contributed by atoms with Gasteiger partial charge in [-0.3, -0.25) is 9.78 Å². The molecule has 8 heteroatoms. The summed E-state index contributed by atoms with van der Waals surface area (Å²) < 4.78 is 27.7. The molecule has 6 nitrogen and oxygen atoms in total. The van der Waals surface area contributed by atoms with E-state index in [2.05, 4.69) is 20.3 Å². The Hall–Kier alpha value is -3.42. The quantitative estimate of drug-likeness (QED) is 0.705. The average Bonchev–Trinajstić information content (AvgIpc) is 2.69. The summed E-state index contributed by atoms with van der Waals surface area (Å²) in [4.78, 5) is 26.4. The zero-order chi connectivity index (χ0) is 20.1. The zero-order valence-corrected chi connectivity index (χ0v) is 15.5. The zero-order valence-electron chi connectivity index (χ0n) is 15.5. The first kappa shape index (κ1) is 19.3. The monoisotopic (exact) mass is 383 g/mol. The number of rotatable bonds is 6. The van der Waals surface area contributed by atoms with E-state index in [-0.39, 0.29) is 23.2 Å². The lowest BCUT2D eigenvalue weighted by Gasteiger charge is -2.17. The predicted molar refractivity (Wildman–Crippen MR) is 101 cm³/mol. The Bertz CT molecular complexity index is 961. The lowest BCUT2D eigenvalue weighted by molar-refractivity contribution is 0.0790. The van der Waals surface area contributed by atoms with Gasteiger partial charge >= 0.3 is 0 Å². The molecule has 1 N–H and O–H groups in total. The molecule has 0 saturated carbocycles. The van der Waals surface area contributed by atoms with Crippen molar-refractivity contribution >= 4 is 17.5 Å². The fourth-order valence-electron chi connectivity index (χ4n) is 2.61. The minimum atomic E-state index is -0.771. The first-order valence-corrected chi connectivity index (χ1v) is 8.65. The fraction of sp³-hybridized carbons (Fsp3) is 0.200. The topological polar surface area (TPSA) is 71.0 Å². The molecule has 0 spiro atoms. The third-order valence-electron chi connectivity index (χ3n) is 4.10. The molecule has 2 heterocycles. The second kappa shape index (κ2) is 8.51. The number of benzene rings is 1. The molecular formula is C20H19F2N5O. The number of amides is 1. The number of carbonyl (C=O) groups excluding carboxylic acids is 1. The molecule has 0 fully saturated rings. The molecule has 0 aliphatic rings. The normalized spacial score (nSPS) is 10.6. The van der Waals surface area contributed by atoms with Gasteiger partial charge in [0.2, 0.25) is 5.95 Å². The second-order valence-electron chi connectivity index (χ2n) is 6.27. The summed E-state index contributed by atoms with van der Waals surface area (Å²) in [5, 5.41) is 2.52. The Morgan fingerprint density at radius 2 is 1.79 bits per heavy atom. The number of hydrogen-bond acceptors (Lipinski definition) is 5. The molecule has 3 rings (SSSR count). The van der Waals surface area contributed by atoms with Gasteiger partial charge in [0.05, 0.1) is 0 Å². The SMILES string of the molecule is Cc1cc(C(=O)N(C)CCc2ccncc2)nc(Nc2c(F)cccc2F)n1. The van der Waals surface area contributed by atoms with E-state index in [0.29, 0.717) is 18.7 Å². The molecule has 2 aromatic heterocycles. The van der Waals surface area contributed by atoms with Crippen molar-refractivity contribution in [2.75, 3.05) is 18.9 Å². The van der Waals surface area contributed by atoms with Crippen LogP contribution in [-0.2, 0) is 6.42 Å². The number of halogens is 2. The van der Waals surface area contributed by atoms with Crippen LogP contribution in [0.1, 0.15) is 21.7 Å². The van der Waals surface area contributed by atoms with Gasteiger partial charge < -0.3 is 10.2 Å². The summed E-state index contributed by atoms with van der Waals surface area (Å²) in [5.74, 6) is -1.90. The number of aryl methyl sites for hydroxylation is 1. The third-order valence-corrected chi connectivity index (χ3v) is 4.10. The van der Waals surface area contributed by atoms with E-state index in [1.54, 1.807) is 26.4 Å². The Labute approximate surface area is 161 Å². The predicted octanol–water partition coefficient (Wildman–Crippen LogP) is 3.52. The van der Waals surface area contributed by atoms with Crippen LogP contribution in [0.25, 0.3) is 0 Å². The van der Waals surface area contributed by atoms with E-state index in [9.17, 15) is 13.6 Å². The van der Waals surface area contributed by atoms with Gasteiger partial charge in [0.25, 0.3) is 5.91 Å². The van der Waals surface area contributed by atoms with Crippen LogP contribution in [0, 0.1) is 18.6 Å². The lowest BCUT2D eigenvalue weighted by atomic mass is 10.2. The maximum atomic E-state index is 13.8. The van der Waals surface area contributed by atoms with Gasteiger partial charge in [-0.25, -0.2) is 18.7 Å². The molecule has 0 unspecified atom stereocenters. The van der Waals surface area contributed by atoms with Crippen molar-refractivity contribution in [3.8, 4) is 0 Å². The number of aromatic nitrogens is 3. The van der Waals surface area contributed by atoms with E-state index in [1.165, 1.54) is 17.0 Å². The van der Waals surface area contributed by atoms with Crippen LogP contribution >= 0.6 is 0 Å². The summed E-state index contributed by atoms with van der Waals surface area (Å²) >= 11 is 0. The maximum Gasteiger partial charge on any atom is 0.272 e. The molecule has 0 bridgehead atoms. The van der Waals surface area contributed by atoms with Gasteiger partial charge in [-0.1, -0.05) is 6.07 Å². The Morgan fingerprint density at radius 1 is 1.11 bits per heavy atom. The number of carbonyl (C=O) groups is 1. The van der Waals surface area contributed by atoms with Crippen molar-refractivity contribution in [1.29, 1.82) is 0 Å². The van der Waals surface area contributed by atoms with Crippen molar-refractivity contribution in [2.45, 2.75) is 13.3 Å². The van der Waals surface area contributed by atoms with E-state index < -0.39 is 11.6 Å². The number of likely N-dealkylation sites (N-methyl/N-ethyl adjacent to an activating group) is 1. The first-order valence-electron chi connectivity index (χ1n) is 8.65. The molecule has 0 saturated heterocycles. The van der Waals surface area contributed by atoms with E-state index >= 15 is 0 Å². The smallest absolute Gasteiger partial charge is 0.272 e. The van der Waals surface area contributed by atoms with Crippen LogP contribution in [0.2, 0.25) is 0 Å². The van der Waals surface area contributed by atoms with Crippen LogP contribution in [-0.4, -0.2) is 39.4 Å². The first-order chi connectivity index (χ1) is 13.4. The highest BCUT2D eigenvalue weighted by Crippen LogP contribution is 2.21. The standard InChI is InChI=1S/C20H19F2N5O/c1-13-12-17(19(28)27(2)11-8-14-6-9-23-10-7-14)25-20(24-13)26-18-15(21)4-3-5-16(18)22/h3-7,9-10,12H,8,11H2,1-2H3,(H,24,25,26). The molecule has 1 aromatic carbocycles. The molecule has 3 aromatic rings. The molecule has 0 atom stereocenters. The van der Waals surface area contributed by atoms with Gasteiger partial charge in [-0.2, -0.15) is 0 Å². The molecular weight excluding hydrogens is 364 g/mol. The van der Waals surface area contributed by atoms with E-state index in [4.69, 9.17) is 0 Å². The largest absolute Gasteiger partial charge is 0.340 e. The second-order valence-corrected chi connectivity index (χ2v) is 6.27. The fourth-order valence-corrected chi connectivity index (χ4v) is 2.61. The minimum Gasteiger partial charge on any atom is -0.340 e. The molecule has 0 aliphatic carbocycles. The minimum absolute atomic E-state index is 0.0464. The summed E-state index contributed by atoms with van der Waals surface area (Å²) in [7, 11) is 1.67. The number of para-hydroxylation sites is 1. The highest BCUT2D eigenvalue weighted by atomic mass is 19.1. The molecule has 28 heavy (non-hydrogen) atoms. The maximum absolute atomic E-state index is 13.8. The average molecular weight is 383 g/mol. The van der Waals surface area contributed by atoms with Gasteiger partial charge in [-0.15, -0.1) is 0 Å². The molecule has 144 valence electrons. The molecule has 0 aliphatic heterocycles. The number of pyridine rings is 1. The van der Waals surface area contributed by atoms with Crippen LogP contribution < -0.4 is 5.32 Å². The number of hydrogen-bond donors (Lipinski definition) is 1. The summed E-state index contributed by atoms with van der Waals surface area (Å²) in [5.41, 5.74) is 1.34. The number of nitrogens with one attached hydrogen (secondary N) is 1. The van der Waals surface area contributed by atoms with Gasteiger partial charge in [0.1, 0.15) is 23.0 Å². The van der Waals surface area contributed by atoms with E-state index in [0.717, 1.165) is 17.7 Å². The van der Waals surface area contributed by atoms with Gasteiger partial charge in [-0.05, 0) is 49.2 Å². The summed E-state index contributed by atoms with van der Waals surface area (Å²) in [6.45, 7) is 2.16. The highest BCUT2D eigenvalue weighted by Gasteiger charge is 2.17. The Balaban J connectivity index is 1.75. The Morgan fingerprint density at radius 3 is 2.46 bits per heavy atom. The molecule has 0 radical (unpaired) electrons. The Kier molecular flexibility index (Phi) is 5.88. The van der Waals surface area contributed by atoms with Crippen LogP contribution in [0.4, 0.5) is 20.4 Å². The van der Waals surface area contributed by atoms with Crippen LogP contribution in [0.3, 0.4) is 0 Å². The van der Waals surface area contributed by atoms with E-state index in [1.807, 2.05) is 12.1 Å². The lowest BCUT2D eigenvalue weighted by Crippen LogP contribution is -2.30. The summed E-state index contributed by atoms with van der Waals surface area (Å²) in [6, 6.07) is 8.82. The summed E-state index contributed by atoms with van der Waals surface area (Å²) in [6.07, 6.45) is 4.07. The van der Waals surface area contributed by atoms with Crippen molar-refractivity contribution in [1.82, 2.24) is 19.9 Å². The number of nitrogens with zero attached hydrogens (tertiary/aromatic N) is 4. The van der Waals surface area contributed by atoms with Crippen molar-refractivity contribution < 1.29 is 13.6 Å². The van der Waals surface area contributed by atoms with Crippen LogP contribution in [0.5, 0.6) is 0 Å². The third kappa shape index (κ3) is 4.64. The van der Waals surface area contributed by atoms with Gasteiger partial charge in [0, 0.05) is 31.7 Å². The van der Waals surface area contributed by atoms with Gasteiger partial charge in [0.15, 0.2) is 0 Å². The van der Waals surface area contributed by atoms with Crippen molar-refractivity contribution in [3.05, 3.63) is 77.4 Å². The highest BCUT2D eigenvalue weighted by molar-refractivity contribution is 5.92. The number of anilines is 2. The van der Waals surface area contributed by atoms with Crippen LogP contribution in [0.15, 0.2) is 48.8 Å².